The first kappa shape index (κ1) is 22.1. The number of anilines is 1. The molecule has 3 aromatic carbocycles. The molecular formula is C24H13BrCl2N2O3S. The number of nitrogens with zero attached hydrogens (tertiary/aromatic N) is 2. The quantitative estimate of drug-likeness (QED) is 0.167. The normalized spacial score (nSPS) is 17.8. The molecule has 9 heteroatoms. The Morgan fingerprint density at radius 1 is 1.00 bits per heavy atom. The van der Waals surface area contributed by atoms with Gasteiger partial charge < -0.3 is 5.11 Å². The molecule has 2 heterocycles. The molecule has 0 bridgehead atoms. The number of amides is 1. The fourth-order valence-electron chi connectivity index (χ4n) is 3.77. The van der Waals surface area contributed by atoms with Crippen molar-refractivity contribution in [3.8, 4) is 0 Å². The number of hydrogen-bond acceptors (Lipinski definition) is 5. The van der Waals surface area contributed by atoms with Gasteiger partial charge in [-0.3, -0.25) is 14.5 Å². The van der Waals surface area contributed by atoms with Crippen molar-refractivity contribution in [1.82, 2.24) is 4.98 Å². The fraction of sp³-hybridized carbons (Fsp3) is 0.0417. The van der Waals surface area contributed by atoms with Crippen molar-refractivity contribution >= 4 is 83.3 Å². The topological polar surface area (TPSA) is 70.5 Å². The van der Waals surface area contributed by atoms with Crippen LogP contribution in [0.4, 0.5) is 5.13 Å². The first-order valence-corrected chi connectivity index (χ1v) is 12.1. The highest BCUT2D eigenvalue weighted by Crippen LogP contribution is 2.44. The van der Waals surface area contributed by atoms with Crippen LogP contribution in [0.5, 0.6) is 0 Å². The molecule has 0 radical (unpaired) electrons. The van der Waals surface area contributed by atoms with Crippen molar-refractivity contribution in [2.75, 3.05) is 4.90 Å². The average Bonchev–Trinajstić information content (AvgIpc) is 3.32. The van der Waals surface area contributed by atoms with Gasteiger partial charge in [0.05, 0.1) is 21.8 Å². The van der Waals surface area contributed by atoms with Gasteiger partial charge in [0.25, 0.3) is 5.78 Å². The maximum atomic E-state index is 13.3. The van der Waals surface area contributed by atoms with Crippen LogP contribution in [0.3, 0.4) is 0 Å². The third-order valence-corrected chi connectivity index (χ3v) is 7.27. The van der Waals surface area contributed by atoms with Crippen LogP contribution in [-0.2, 0) is 9.59 Å². The highest BCUT2D eigenvalue weighted by atomic mass is 79.9. The number of thiazole rings is 1. The van der Waals surface area contributed by atoms with Gasteiger partial charge in [-0.2, -0.15) is 0 Å². The molecule has 1 fully saturated rings. The molecule has 1 aliphatic rings. The number of carbonyl (C=O) groups is 2. The number of carbonyl (C=O) groups excluding carboxylic acids is 2. The summed E-state index contributed by atoms with van der Waals surface area (Å²) in [6.07, 6.45) is 0. The second-order valence-electron chi connectivity index (χ2n) is 7.34. The van der Waals surface area contributed by atoms with Crippen LogP contribution in [0.2, 0.25) is 10.0 Å². The maximum Gasteiger partial charge on any atom is 0.301 e. The zero-order valence-corrected chi connectivity index (χ0v) is 20.5. The van der Waals surface area contributed by atoms with Gasteiger partial charge in [-0.15, -0.1) is 0 Å². The molecule has 1 aromatic heterocycles. The monoisotopic (exact) mass is 558 g/mol. The van der Waals surface area contributed by atoms with Gasteiger partial charge in [0, 0.05) is 20.1 Å². The zero-order chi connectivity index (χ0) is 23.3. The molecule has 33 heavy (non-hydrogen) atoms. The summed E-state index contributed by atoms with van der Waals surface area (Å²) < 4.78 is 1.55. The second kappa shape index (κ2) is 8.57. The minimum atomic E-state index is -0.866. The predicted molar refractivity (Wildman–Crippen MR) is 135 cm³/mol. The summed E-state index contributed by atoms with van der Waals surface area (Å²) in [5, 5.41) is 12.5. The van der Waals surface area contributed by atoms with Gasteiger partial charge in [-0.1, -0.05) is 62.6 Å². The van der Waals surface area contributed by atoms with Crippen molar-refractivity contribution in [1.29, 1.82) is 0 Å². The van der Waals surface area contributed by atoms with Crippen LogP contribution in [0, 0.1) is 0 Å². The smallest absolute Gasteiger partial charge is 0.301 e. The number of aromatic nitrogens is 1. The summed E-state index contributed by atoms with van der Waals surface area (Å²) in [7, 11) is 0. The highest BCUT2D eigenvalue weighted by molar-refractivity contribution is 9.10. The second-order valence-corrected chi connectivity index (χ2v) is 10.1. The molecule has 1 atom stereocenters. The molecule has 1 unspecified atom stereocenters. The molecule has 164 valence electrons. The minimum absolute atomic E-state index is 0.0160. The third kappa shape index (κ3) is 3.95. The summed E-state index contributed by atoms with van der Waals surface area (Å²) in [5.41, 5.74) is 1.68. The third-order valence-electron chi connectivity index (χ3n) is 5.27. The van der Waals surface area contributed by atoms with Crippen LogP contribution in [0.25, 0.3) is 16.0 Å². The van der Waals surface area contributed by atoms with E-state index in [-0.39, 0.29) is 11.3 Å². The Kier molecular flexibility index (Phi) is 5.74. The van der Waals surface area contributed by atoms with E-state index in [4.69, 9.17) is 23.2 Å². The highest BCUT2D eigenvalue weighted by Gasteiger charge is 2.48. The van der Waals surface area contributed by atoms with Crippen LogP contribution in [0.15, 0.2) is 76.8 Å². The minimum Gasteiger partial charge on any atom is -0.507 e. The lowest BCUT2D eigenvalue weighted by molar-refractivity contribution is -0.132. The number of aliphatic hydroxyl groups is 1. The number of aliphatic hydroxyl groups excluding tert-OH is 1. The summed E-state index contributed by atoms with van der Waals surface area (Å²) in [4.78, 5) is 32.4. The molecule has 5 rings (SSSR count). The standard InChI is InChI=1S/C24H13BrCl2N2O3S/c25-14-3-1-2-13(10-14)20-19(21(30)12-4-6-15(26)7-5-12)22(31)23(32)29(20)24-28-17-9-8-16(27)11-18(17)33-24/h1-11,20,30H. The van der Waals surface area contributed by atoms with E-state index in [0.29, 0.717) is 31.8 Å². The van der Waals surface area contributed by atoms with E-state index in [1.807, 2.05) is 12.1 Å². The van der Waals surface area contributed by atoms with Crippen LogP contribution >= 0.6 is 50.5 Å². The number of hydrogen-bond donors (Lipinski definition) is 1. The number of Topliss-reactive ketones (excluding diaryl/α,β-unsaturated/α-hetero) is 1. The number of fused-ring (bicyclic) bond motifs is 1. The molecule has 1 saturated heterocycles. The zero-order valence-electron chi connectivity index (χ0n) is 16.6. The van der Waals surface area contributed by atoms with Crippen molar-refractivity contribution < 1.29 is 14.7 Å². The van der Waals surface area contributed by atoms with E-state index >= 15 is 0 Å². The first-order valence-electron chi connectivity index (χ1n) is 9.72. The number of benzene rings is 3. The Hall–Kier alpha value is -2.71. The number of ketones is 1. The Bertz CT molecular complexity index is 1470. The molecule has 1 amide bonds. The summed E-state index contributed by atoms with van der Waals surface area (Å²) in [5.74, 6) is -1.83. The van der Waals surface area contributed by atoms with E-state index in [1.165, 1.54) is 16.2 Å². The molecule has 0 aliphatic carbocycles. The largest absolute Gasteiger partial charge is 0.507 e. The fourth-order valence-corrected chi connectivity index (χ4v) is 5.59. The van der Waals surface area contributed by atoms with Crippen molar-refractivity contribution in [2.45, 2.75) is 6.04 Å². The molecule has 1 N–H and O–H groups in total. The lowest BCUT2D eigenvalue weighted by Gasteiger charge is -2.23. The van der Waals surface area contributed by atoms with Gasteiger partial charge in [-0.05, 0) is 60.2 Å². The van der Waals surface area contributed by atoms with Crippen molar-refractivity contribution in [3.63, 3.8) is 0 Å². The molecule has 5 nitrogen and oxygen atoms in total. The van der Waals surface area contributed by atoms with E-state index in [2.05, 4.69) is 20.9 Å². The van der Waals surface area contributed by atoms with Crippen LogP contribution in [-0.4, -0.2) is 21.8 Å². The average molecular weight is 560 g/mol. The van der Waals surface area contributed by atoms with Crippen LogP contribution in [0.1, 0.15) is 17.2 Å². The van der Waals surface area contributed by atoms with E-state index < -0.39 is 17.7 Å². The van der Waals surface area contributed by atoms with Gasteiger partial charge >= 0.3 is 5.91 Å². The summed E-state index contributed by atoms with van der Waals surface area (Å²) in [6, 6.07) is 18.0. The van der Waals surface area contributed by atoms with E-state index in [0.717, 1.165) is 9.17 Å². The predicted octanol–water partition coefficient (Wildman–Crippen LogP) is 6.99. The van der Waals surface area contributed by atoms with E-state index in [9.17, 15) is 14.7 Å². The number of halogens is 3. The molecule has 4 aromatic rings. The van der Waals surface area contributed by atoms with E-state index in [1.54, 1.807) is 54.6 Å². The lowest BCUT2D eigenvalue weighted by Crippen LogP contribution is -2.29. The van der Waals surface area contributed by atoms with Gasteiger partial charge in [0.2, 0.25) is 0 Å². The van der Waals surface area contributed by atoms with Gasteiger partial charge in [0.1, 0.15) is 5.76 Å². The lowest BCUT2D eigenvalue weighted by atomic mass is 9.95. The number of rotatable bonds is 3. The molecule has 0 saturated carbocycles. The Balaban J connectivity index is 1.74. The molecular weight excluding hydrogens is 547 g/mol. The summed E-state index contributed by atoms with van der Waals surface area (Å²) in [6.45, 7) is 0. The Morgan fingerprint density at radius 3 is 2.45 bits per heavy atom. The van der Waals surface area contributed by atoms with Gasteiger partial charge in [-0.25, -0.2) is 4.98 Å². The SMILES string of the molecule is O=C1C(=O)N(c2nc3ccc(Cl)cc3s2)C(c2cccc(Br)c2)C1=C(O)c1ccc(Cl)cc1. The molecule has 1 aliphatic heterocycles. The maximum absolute atomic E-state index is 13.3. The summed E-state index contributed by atoms with van der Waals surface area (Å²) >= 11 is 16.8. The van der Waals surface area contributed by atoms with Crippen molar-refractivity contribution in [2.24, 2.45) is 0 Å². The van der Waals surface area contributed by atoms with Gasteiger partial charge in [0.15, 0.2) is 5.13 Å². The van der Waals surface area contributed by atoms with Crippen LogP contribution < -0.4 is 4.90 Å². The van der Waals surface area contributed by atoms with Crippen molar-refractivity contribution in [3.05, 3.63) is 97.9 Å². The molecule has 0 spiro atoms. The Labute approximate surface area is 211 Å². The first-order chi connectivity index (χ1) is 15.8. The Morgan fingerprint density at radius 2 is 1.73 bits per heavy atom.